The molecule has 25 heavy (non-hydrogen) atoms. The molecule has 3 aromatic rings. The highest BCUT2D eigenvalue weighted by molar-refractivity contribution is 5.60. The Morgan fingerprint density at radius 3 is 2.36 bits per heavy atom. The van der Waals surface area contributed by atoms with Crippen LogP contribution in [-0.4, -0.2) is 9.97 Å². The number of nitrogens with one attached hydrogen (secondary N) is 2. The number of benzene rings is 2. The first-order valence-electron chi connectivity index (χ1n) is 8.53. The molecular formula is C21H24N4. The van der Waals surface area contributed by atoms with Gasteiger partial charge in [0, 0.05) is 23.5 Å². The van der Waals surface area contributed by atoms with Gasteiger partial charge in [-0.25, -0.2) is 4.98 Å². The zero-order valence-corrected chi connectivity index (χ0v) is 15.2. The lowest BCUT2D eigenvalue weighted by Gasteiger charge is -2.16. The summed E-state index contributed by atoms with van der Waals surface area (Å²) in [6.45, 7) is 8.28. The summed E-state index contributed by atoms with van der Waals surface area (Å²) in [7, 11) is 0. The highest BCUT2D eigenvalue weighted by Crippen LogP contribution is 2.22. The molecule has 0 bridgehead atoms. The van der Waals surface area contributed by atoms with Gasteiger partial charge in [-0.05, 0) is 44.9 Å². The second-order valence-corrected chi connectivity index (χ2v) is 6.44. The quantitative estimate of drug-likeness (QED) is 0.664. The van der Waals surface area contributed by atoms with Gasteiger partial charge in [0.1, 0.15) is 5.82 Å². The van der Waals surface area contributed by atoms with Crippen LogP contribution in [-0.2, 0) is 0 Å². The second kappa shape index (κ2) is 7.34. The van der Waals surface area contributed by atoms with E-state index in [-0.39, 0.29) is 6.04 Å². The summed E-state index contributed by atoms with van der Waals surface area (Å²) in [5.74, 6) is 1.42. The van der Waals surface area contributed by atoms with E-state index in [1.54, 1.807) is 0 Å². The standard InChI is InChI=1S/C21H24N4/c1-14-10-11-19(15(2)12-14)24-21-22-16(3)13-20(25-21)23-17(4)18-8-6-5-7-9-18/h5-13,17H,1-4H3,(H2,22,23,24,25). The first-order valence-corrected chi connectivity index (χ1v) is 8.53. The van der Waals surface area contributed by atoms with Gasteiger partial charge in [-0.3, -0.25) is 0 Å². The van der Waals surface area contributed by atoms with Crippen LogP contribution >= 0.6 is 0 Å². The van der Waals surface area contributed by atoms with Crippen LogP contribution in [0.3, 0.4) is 0 Å². The molecule has 0 radical (unpaired) electrons. The van der Waals surface area contributed by atoms with Crippen molar-refractivity contribution in [2.45, 2.75) is 33.7 Å². The van der Waals surface area contributed by atoms with Gasteiger partial charge in [-0.15, -0.1) is 0 Å². The summed E-state index contributed by atoms with van der Waals surface area (Å²) in [5, 5.41) is 6.79. The van der Waals surface area contributed by atoms with Crippen LogP contribution in [0, 0.1) is 20.8 Å². The predicted molar refractivity (Wildman–Crippen MR) is 104 cm³/mol. The number of rotatable bonds is 5. The molecule has 128 valence electrons. The van der Waals surface area contributed by atoms with Crippen molar-refractivity contribution in [1.82, 2.24) is 9.97 Å². The van der Waals surface area contributed by atoms with Crippen molar-refractivity contribution in [1.29, 1.82) is 0 Å². The van der Waals surface area contributed by atoms with Gasteiger partial charge < -0.3 is 10.6 Å². The molecule has 4 nitrogen and oxygen atoms in total. The van der Waals surface area contributed by atoms with Crippen molar-refractivity contribution in [3.05, 3.63) is 77.0 Å². The topological polar surface area (TPSA) is 49.8 Å². The minimum atomic E-state index is 0.171. The minimum absolute atomic E-state index is 0.171. The molecule has 0 aliphatic carbocycles. The Morgan fingerprint density at radius 2 is 1.64 bits per heavy atom. The van der Waals surface area contributed by atoms with E-state index in [1.165, 1.54) is 16.7 Å². The molecule has 0 amide bonds. The second-order valence-electron chi connectivity index (χ2n) is 6.44. The Labute approximate surface area is 149 Å². The minimum Gasteiger partial charge on any atom is -0.363 e. The summed E-state index contributed by atoms with van der Waals surface area (Å²) in [5.41, 5.74) is 5.59. The monoisotopic (exact) mass is 332 g/mol. The highest BCUT2D eigenvalue weighted by atomic mass is 15.1. The van der Waals surface area contributed by atoms with Crippen molar-refractivity contribution in [3.8, 4) is 0 Å². The molecule has 2 N–H and O–H groups in total. The number of aromatic nitrogens is 2. The molecule has 4 heteroatoms. The fourth-order valence-corrected chi connectivity index (χ4v) is 2.82. The summed E-state index contributed by atoms with van der Waals surface area (Å²) in [6, 6.07) is 18.8. The molecule has 1 unspecified atom stereocenters. The van der Waals surface area contributed by atoms with E-state index >= 15 is 0 Å². The Morgan fingerprint density at radius 1 is 0.880 bits per heavy atom. The molecule has 2 aromatic carbocycles. The SMILES string of the molecule is Cc1ccc(Nc2nc(C)cc(NC(C)c3ccccc3)n2)c(C)c1. The third-order valence-electron chi connectivity index (χ3n) is 4.15. The van der Waals surface area contributed by atoms with Crippen LogP contribution in [0.4, 0.5) is 17.5 Å². The molecule has 3 rings (SSSR count). The van der Waals surface area contributed by atoms with Crippen LogP contribution in [0.1, 0.15) is 35.3 Å². The predicted octanol–water partition coefficient (Wildman–Crippen LogP) is 5.32. The van der Waals surface area contributed by atoms with E-state index in [4.69, 9.17) is 0 Å². The lowest BCUT2D eigenvalue weighted by atomic mass is 10.1. The zero-order valence-electron chi connectivity index (χ0n) is 15.2. The number of hydrogen-bond acceptors (Lipinski definition) is 4. The van der Waals surface area contributed by atoms with Gasteiger partial charge >= 0.3 is 0 Å². The fraction of sp³-hybridized carbons (Fsp3) is 0.238. The van der Waals surface area contributed by atoms with Crippen molar-refractivity contribution >= 4 is 17.5 Å². The summed E-state index contributed by atoms with van der Waals surface area (Å²) >= 11 is 0. The van der Waals surface area contributed by atoms with Crippen molar-refractivity contribution < 1.29 is 0 Å². The van der Waals surface area contributed by atoms with E-state index in [1.807, 2.05) is 31.2 Å². The maximum Gasteiger partial charge on any atom is 0.229 e. The van der Waals surface area contributed by atoms with Gasteiger partial charge in [0.05, 0.1) is 0 Å². The highest BCUT2D eigenvalue weighted by Gasteiger charge is 2.09. The van der Waals surface area contributed by atoms with Crippen molar-refractivity contribution in [2.75, 3.05) is 10.6 Å². The van der Waals surface area contributed by atoms with Gasteiger partial charge in [0.25, 0.3) is 0 Å². The first kappa shape index (κ1) is 17.0. The van der Waals surface area contributed by atoms with E-state index in [2.05, 4.69) is 71.7 Å². The molecular weight excluding hydrogens is 308 g/mol. The van der Waals surface area contributed by atoms with Gasteiger partial charge in [-0.1, -0.05) is 48.0 Å². The van der Waals surface area contributed by atoms with Crippen LogP contribution in [0.15, 0.2) is 54.6 Å². The average molecular weight is 332 g/mol. The third-order valence-corrected chi connectivity index (χ3v) is 4.15. The maximum atomic E-state index is 4.62. The fourth-order valence-electron chi connectivity index (χ4n) is 2.82. The lowest BCUT2D eigenvalue weighted by Crippen LogP contribution is -2.10. The Balaban J connectivity index is 1.80. The van der Waals surface area contributed by atoms with Gasteiger partial charge in [0.15, 0.2) is 0 Å². The van der Waals surface area contributed by atoms with Crippen LogP contribution in [0.5, 0.6) is 0 Å². The molecule has 0 saturated heterocycles. The largest absolute Gasteiger partial charge is 0.363 e. The number of hydrogen-bond donors (Lipinski definition) is 2. The maximum absolute atomic E-state index is 4.62. The van der Waals surface area contributed by atoms with Crippen LogP contribution in [0.2, 0.25) is 0 Å². The molecule has 0 saturated carbocycles. The summed E-state index contributed by atoms with van der Waals surface area (Å²) in [6.07, 6.45) is 0. The molecule has 1 aromatic heterocycles. The van der Waals surface area contributed by atoms with E-state index in [9.17, 15) is 0 Å². The normalized spacial score (nSPS) is 11.8. The van der Waals surface area contributed by atoms with E-state index < -0.39 is 0 Å². The molecule has 1 atom stereocenters. The zero-order chi connectivity index (χ0) is 17.8. The average Bonchev–Trinajstić information content (AvgIpc) is 2.58. The lowest BCUT2D eigenvalue weighted by molar-refractivity contribution is 0.871. The third kappa shape index (κ3) is 4.35. The van der Waals surface area contributed by atoms with E-state index in [0.29, 0.717) is 5.95 Å². The summed E-state index contributed by atoms with van der Waals surface area (Å²) in [4.78, 5) is 9.14. The molecule has 0 spiro atoms. The van der Waals surface area contributed by atoms with Crippen molar-refractivity contribution in [2.24, 2.45) is 0 Å². The number of anilines is 3. The van der Waals surface area contributed by atoms with Gasteiger partial charge in [-0.2, -0.15) is 4.98 Å². The Bertz CT molecular complexity index is 859. The van der Waals surface area contributed by atoms with Crippen LogP contribution in [0.25, 0.3) is 0 Å². The Kier molecular flexibility index (Phi) is 4.98. The molecule has 0 fully saturated rings. The van der Waals surface area contributed by atoms with Crippen molar-refractivity contribution in [3.63, 3.8) is 0 Å². The number of nitrogens with zero attached hydrogens (tertiary/aromatic N) is 2. The van der Waals surface area contributed by atoms with Gasteiger partial charge in [0.2, 0.25) is 5.95 Å². The molecule has 0 aliphatic heterocycles. The van der Waals surface area contributed by atoms with E-state index in [0.717, 1.165) is 17.2 Å². The van der Waals surface area contributed by atoms with Crippen LogP contribution < -0.4 is 10.6 Å². The molecule has 0 aliphatic rings. The molecule has 1 heterocycles. The smallest absolute Gasteiger partial charge is 0.229 e. The summed E-state index contributed by atoms with van der Waals surface area (Å²) < 4.78 is 0. The first-order chi connectivity index (χ1) is 12.0. The number of aryl methyl sites for hydroxylation is 3. The Hall–Kier alpha value is -2.88.